The summed E-state index contributed by atoms with van der Waals surface area (Å²) < 4.78 is 16.2. The highest BCUT2D eigenvalue weighted by Crippen LogP contribution is 2.41. The quantitative estimate of drug-likeness (QED) is 0.555. The van der Waals surface area contributed by atoms with Crippen LogP contribution >= 0.6 is 23.2 Å². The minimum absolute atomic E-state index is 0.250. The fraction of sp³-hybridized carbons (Fsp3) is 0.348. The third-order valence-electron chi connectivity index (χ3n) is 5.98. The van der Waals surface area contributed by atoms with Gasteiger partial charge in [-0.2, -0.15) is 0 Å². The second-order valence-corrected chi connectivity index (χ2v) is 8.37. The maximum absolute atomic E-state index is 13.9. The number of ether oxygens (including phenoxy) is 2. The molecule has 2 amide bonds. The van der Waals surface area contributed by atoms with E-state index in [0.717, 1.165) is 0 Å². The number of morpholine rings is 1. The highest BCUT2D eigenvalue weighted by atomic mass is 35.5. The van der Waals surface area contributed by atoms with E-state index in [9.17, 15) is 9.59 Å². The molecular weight excluding hydrogens is 469 g/mol. The number of methoxy groups -OCH3 is 1. The number of imide groups is 1. The van der Waals surface area contributed by atoms with E-state index in [2.05, 4.69) is 10.3 Å². The van der Waals surface area contributed by atoms with Crippen LogP contribution in [0, 0.1) is 0 Å². The molecule has 1 N–H and O–H groups in total. The lowest BCUT2D eigenvalue weighted by atomic mass is 9.84. The lowest BCUT2D eigenvalue weighted by Crippen LogP contribution is -2.60. The molecule has 1 fully saturated rings. The Bertz CT molecular complexity index is 1170. The molecule has 1 aliphatic rings. The number of hydrogen-bond acceptors (Lipinski definition) is 7. The number of furan rings is 1. The van der Waals surface area contributed by atoms with Gasteiger partial charge in [-0.15, -0.1) is 0 Å². The second kappa shape index (κ2) is 9.69. The molecule has 3 heterocycles. The van der Waals surface area contributed by atoms with E-state index >= 15 is 0 Å². The molecule has 4 rings (SSSR count). The maximum atomic E-state index is 13.9. The largest absolute Gasteiger partial charge is 0.493 e. The van der Waals surface area contributed by atoms with E-state index in [1.54, 1.807) is 18.2 Å². The third kappa shape index (κ3) is 4.08. The number of hydrogen-bond donors (Lipinski definition) is 1. The van der Waals surface area contributed by atoms with E-state index in [-0.39, 0.29) is 15.6 Å². The lowest BCUT2D eigenvalue weighted by molar-refractivity contribution is -0.137. The number of amides is 2. The molecule has 1 unspecified atom stereocenters. The molecule has 1 saturated heterocycles. The van der Waals surface area contributed by atoms with Gasteiger partial charge in [0.25, 0.3) is 11.8 Å². The van der Waals surface area contributed by atoms with Crippen molar-refractivity contribution in [2.75, 3.05) is 33.4 Å². The summed E-state index contributed by atoms with van der Waals surface area (Å²) in [6.07, 6.45) is 4.67. The van der Waals surface area contributed by atoms with Crippen molar-refractivity contribution in [1.29, 1.82) is 0 Å². The van der Waals surface area contributed by atoms with Crippen LogP contribution < -0.4 is 10.1 Å². The summed E-state index contributed by atoms with van der Waals surface area (Å²) in [6, 6.07) is 4.87. The van der Waals surface area contributed by atoms with Crippen LogP contribution in [0.15, 0.2) is 41.3 Å². The van der Waals surface area contributed by atoms with Gasteiger partial charge in [0, 0.05) is 36.4 Å². The molecule has 2 aromatic heterocycles. The van der Waals surface area contributed by atoms with Gasteiger partial charge in [0.1, 0.15) is 5.54 Å². The monoisotopic (exact) mass is 491 g/mol. The Kier molecular flexibility index (Phi) is 6.90. The first-order chi connectivity index (χ1) is 15.9. The van der Waals surface area contributed by atoms with Crippen molar-refractivity contribution in [3.8, 4) is 5.75 Å². The summed E-state index contributed by atoms with van der Waals surface area (Å²) in [5.74, 6) is -0.606. The van der Waals surface area contributed by atoms with Gasteiger partial charge in [0.05, 0.1) is 42.2 Å². The lowest BCUT2D eigenvalue weighted by Gasteiger charge is -2.44. The Balaban J connectivity index is 1.76. The first kappa shape index (κ1) is 23.5. The highest BCUT2D eigenvalue weighted by molar-refractivity contribution is 6.36. The normalized spacial score (nSPS) is 16.4. The predicted octanol–water partition coefficient (Wildman–Crippen LogP) is 4.04. The molecule has 1 atom stereocenters. The maximum Gasteiger partial charge on any atom is 0.258 e. The fourth-order valence-electron chi connectivity index (χ4n) is 4.40. The molecule has 8 nitrogen and oxygen atoms in total. The number of nitrogens with one attached hydrogen (secondary N) is 1. The van der Waals surface area contributed by atoms with Gasteiger partial charge in [-0.3, -0.25) is 24.8 Å². The van der Waals surface area contributed by atoms with Crippen LogP contribution in [-0.4, -0.2) is 55.1 Å². The zero-order valence-corrected chi connectivity index (χ0v) is 19.7. The summed E-state index contributed by atoms with van der Waals surface area (Å²) >= 11 is 13.0. The smallest absolute Gasteiger partial charge is 0.258 e. The van der Waals surface area contributed by atoms with Crippen LogP contribution in [0.4, 0.5) is 0 Å². The van der Waals surface area contributed by atoms with Crippen molar-refractivity contribution < 1.29 is 23.5 Å². The first-order valence-electron chi connectivity index (χ1n) is 10.5. The molecule has 0 radical (unpaired) electrons. The van der Waals surface area contributed by atoms with Crippen LogP contribution in [0.2, 0.25) is 10.0 Å². The summed E-state index contributed by atoms with van der Waals surface area (Å²) in [6.45, 7) is 3.68. The van der Waals surface area contributed by atoms with Crippen LogP contribution in [0.1, 0.15) is 29.3 Å². The third-order valence-corrected chi connectivity index (χ3v) is 6.55. The van der Waals surface area contributed by atoms with E-state index in [4.69, 9.17) is 37.1 Å². The number of fused-ring (bicyclic) bond motifs is 1. The molecule has 33 heavy (non-hydrogen) atoms. The zero-order chi connectivity index (χ0) is 23.6. The standard InChI is InChI=1S/C23H23Cl2N3O5/c1-3-23(28-7-10-32-11-8-28,19-16(24)12-26-13-17(19)25)22(30)27-21(29)15-4-5-18(31-2)20-14(15)6-9-33-20/h4-6,9,12-13H,3,7-8,10-11H2,1-2H3,(H,27,29,30). The fourth-order valence-corrected chi connectivity index (χ4v) is 5.07. The molecule has 0 spiro atoms. The molecule has 174 valence electrons. The average Bonchev–Trinajstić information content (AvgIpc) is 3.31. The number of rotatable bonds is 6. The van der Waals surface area contributed by atoms with Crippen LogP contribution in [0.25, 0.3) is 11.0 Å². The van der Waals surface area contributed by atoms with Crippen LogP contribution in [0.5, 0.6) is 5.75 Å². The number of pyridine rings is 1. The Labute approximate surface area is 200 Å². The van der Waals surface area contributed by atoms with Gasteiger partial charge < -0.3 is 13.9 Å². The van der Waals surface area contributed by atoms with E-state index in [1.165, 1.54) is 25.8 Å². The number of aromatic nitrogens is 1. The topological polar surface area (TPSA) is 93.9 Å². The predicted molar refractivity (Wildman–Crippen MR) is 124 cm³/mol. The Morgan fingerprint density at radius 1 is 1.18 bits per heavy atom. The molecule has 0 aliphatic carbocycles. The highest BCUT2D eigenvalue weighted by Gasteiger charge is 2.48. The summed E-state index contributed by atoms with van der Waals surface area (Å²) in [5, 5.41) is 3.61. The summed E-state index contributed by atoms with van der Waals surface area (Å²) in [4.78, 5) is 33.1. The van der Waals surface area contributed by atoms with Gasteiger partial charge in [0.2, 0.25) is 0 Å². The first-order valence-corrected chi connectivity index (χ1v) is 11.2. The van der Waals surface area contributed by atoms with Crippen LogP contribution in [0.3, 0.4) is 0 Å². The van der Waals surface area contributed by atoms with Crippen molar-refractivity contribution in [1.82, 2.24) is 15.2 Å². The molecule has 1 aliphatic heterocycles. The van der Waals surface area contributed by atoms with E-state index < -0.39 is 17.4 Å². The van der Waals surface area contributed by atoms with Crippen molar-refractivity contribution in [3.05, 3.63) is 58.0 Å². The molecular formula is C23H23Cl2N3O5. The minimum atomic E-state index is -1.29. The van der Waals surface area contributed by atoms with Gasteiger partial charge >= 0.3 is 0 Å². The average molecular weight is 492 g/mol. The SMILES string of the molecule is CCC(C(=O)NC(=O)c1ccc(OC)c2occc12)(c1c(Cl)cncc1Cl)N1CCOCC1. The zero-order valence-electron chi connectivity index (χ0n) is 18.2. The Morgan fingerprint density at radius 3 is 2.52 bits per heavy atom. The second-order valence-electron chi connectivity index (χ2n) is 7.55. The molecule has 1 aromatic carbocycles. The summed E-state index contributed by atoms with van der Waals surface area (Å²) in [7, 11) is 1.51. The molecule has 10 heteroatoms. The number of halogens is 2. The molecule has 0 bridgehead atoms. The van der Waals surface area contributed by atoms with Gasteiger partial charge in [0.15, 0.2) is 11.3 Å². The van der Waals surface area contributed by atoms with E-state index in [0.29, 0.717) is 55.0 Å². The van der Waals surface area contributed by atoms with Crippen LogP contribution in [-0.2, 0) is 15.1 Å². The van der Waals surface area contributed by atoms with Gasteiger partial charge in [-0.05, 0) is 24.6 Å². The number of nitrogens with zero attached hydrogens (tertiary/aromatic N) is 2. The molecule has 3 aromatic rings. The van der Waals surface area contributed by atoms with Gasteiger partial charge in [-0.1, -0.05) is 30.1 Å². The van der Waals surface area contributed by atoms with Crippen molar-refractivity contribution in [2.45, 2.75) is 18.9 Å². The molecule has 0 saturated carbocycles. The minimum Gasteiger partial charge on any atom is -0.493 e. The number of carbonyl (C=O) groups excluding carboxylic acids is 2. The van der Waals surface area contributed by atoms with E-state index in [1.807, 2.05) is 11.8 Å². The van der Waals surface area contributed by atoms with Crippen molar-refractivity contribution in [2.24, 2.45) is 0 Å². The van der Waals surface area contributed by atoms with Crippen molar-refractivity contribution >= 4 is 46.0 Å². The Morgan fingerprint density at radius 2 is 1.88 bits per heavy atom. The number of benzene rings is 1. The van der Waals surface area contributed by atoms with Crippen molar-refractivity contribution in [3.63, 3.8) is 0 Å². The number of carbonyl (C=O) groups is 2. The summed E-state index contributed by atoms with van der Waals surface area (Å²) in [5.41, 5.74) is -0.170. The Hall–Kier alpha value is -2.65. The van der Waals surface area contributed by atoms with Gasteiger partial charge in [-0.25, -0.2) is 0 Å².